The van der Waals surface area contributed by atoms with Crippen LogP contribution in [0.4, 0.5) is 8.78 Å². The summed E-state index contributed by atoms with van der Waals surface area (Å²) in [5.41, 5.74) is 0.668. The summed E-state index contributed by atoms with van der Waals surface area (Å²) in [5.74, 6) is -1.66. The zero-order valence-electron chi connectivity index (χ0n) is 21.5. The number of amidine groups is 1. The predicted molar refractivity (Wildman–Crippen MR) is 149 cm³/mol. The van der Waals surface area contributed by atoms with Crippen LogP contribution < -0.4 is 10.0 Å². The van der Waals surface area contributed by atoms with Gasteiger partial charge in [0, 0.05) is 13.1 Å². The van der Waals surface area contributed by atoms with Gasteiger partial charge >= 0.3 is 0 Å². The molecule has 13 heteroatoms. The summed E-state index contributed by atoms with van der Waals surface area (Å²) in [5, 5.41) is 2.90. The molecule has 39 heavy (non-hydrogen) atoms. The number of nitrogens with one attached hydrogen (secondary N) is 2. The van der Waals surface area contributed by atoms with E-state index < -0.39 is 26.6 Å². The SMILES string of the molecule is C=CN(C)C(/C=C\CC1=CCN=C(OCCCNC)C(NS(=O)(=O)c2ccc(F)cc2F)=C1)=N/C=C(/Cl)C=O. The molecule has 1 aromatic carbocycles. The number of ether oxygens (including phenoxy) is 1. The summed E-state index contributed by atoms with van der Waals surface area (Å²) in [6.07, 6.45) is 10.9. The van der Waals surface area contributed by atoms with Crippen molar-refractivity contribution >= 4 is 39.6 Å². The van der Waals surface area contributed by atoms with Gasteiger partial charge in [0.05, 0.1) is 24.4 Å². The van der Waals surface area contributed by atoms with Crippen molar-refractivity contribution in [2.75, 3.05) is 33.8 Å². The molecule has 0 spiro atoms. The molecule has 9 nitrogen and oxygen atoms in total. The Morgan fingerprint density at radius 1 is 1.36 bits per heavy atom. The molecule has 2 rings (SSSR count). The first-order chi connectivity index (χ1) is 18.6. The lowest BCUT2D eigenvalue weighted by Gasteiger charge is -2.15. The summed E-state index contributed by atoms with van der Waals surface area (Å²) in [4.78, 5) is 20.1. The summed E-state index contributed by atoms with van der Waals surface area (Å²) in [6, 6.07) is 2.19. The third kappa shape index (κ3) is 10.2. The van der Waals surface area contributed by atoms with Crippen LogP contribution in [0.25, 0.3) is 0 Å². The van der Waals surface area contributed by atoms with Gasteiger partial charge in [-0.25, -0.2) is 27.2 Å². The van der Waals surface area contributed by atoms with Crippen LogP contribution in [0.1, 0.15) is 12.8 Å². The molecule has 2 N–H and O–H groups in total. The molecule has 0 saturated heterocycles. The molecule has 0 bridgehead atoms. The highest BCUT2D eigenvalue weighted by Gasteiger charge is 2.24. The van der Waals surface area contributed by atoms with Gasteiger partial charge in [0.1, 0.15) is 28.1 Å². The second-order valence-electron chi connectivity index (χ2n) is 7.99. The third-order valence-electron chi connectivity index (χ3n) is 5.07. The van der Waals surface area contributed by atoms with Crippen molar-refractivity contribution in [3.8, 4) is 0 Å². The summed E-state index contributed by atoms with van der Waals surface area (Å²) in [6.45, 7) is 4.81. The van der Waals surface area contributed by atoms with E-state index in [1.165, 1.54) is 18.5 Å². The molecule has 0 saturated carbocycles. The van der Waals surface area contributed by atoms with E-state index in [9.17, 15) is 22.0 Å². The van der Waals surface area contributed by atoms with Gasteiger partial charge in [0.15, 0.2) is 6.29 Å². The van der Waals surface area contributed by atoms with Crippen LogP contribution in [0.3, 0.4) is 0 Å². The lowest BCUT2D eigenvalue weighted by atomic mass is 10.1. The highest BCUT2D eigenvalue weighted by Crippen LogP contribution is 2.19. The Kier molecular flexibility index (Phi) is 12.7. The van der Waals surface area contributed by atoms with Gasteiger partial charge in [-0.3, -0.25) is 9.52 Å². The van der Waals surface area contributed by atoms with E-state index in [2.05, 4.69) is 26.6 Å². The van der Waals surface area contributed by atoms with Crippen molar-refractivity contribution in [3.63, 3.8) is 0 Å². The zero-order valence-corrected chi connectivity index (χ0v) is 23.1. The Bertz CT molecular complexity index is 1340. The van der Waals surface area contributed by atoms with Gasteiger partial charge in [-0.05, 0) is 62.5 Å². The zero-order chi connectivity index (χ0) is 28.8. The van der Waals surface area contributed by atoms with Gasteiger partial charge in [0.2, 0.25) is 5.90 Å². The second-order valence-corrected chi connectivity index (χ2v) is 10.1. The number of hydrogen-bond acceptors (Lipinski definition) is 7. The van der Waals surface area contributed by atoms with Crippen molar-refractivity contribution in [1.82, 2.24) is 14.9 Å². The van der Waals surface area contributed by atoms with E-state index in [0.717, 1.165) is 12.1 Å². The molecule has 0 amide bonds. The first kappa shape index (κ1) is 31.6. The highest BCUT2D eigenvalue weighted by molar-refractivity contribution is 7.89. The van der Waals surface area contributed by atoms with Crippen LogP contribution in [0.5, 0.6) is 0 Å². The fraction of sp³-hybridized carbons (Fsp3) is 0.269. The molecule has 1 heterocycles. The summed E-state index contributed by atoms with van der Waals surface area (Å²) in [7, 11) is -0.948. The average Bonchev–Trinajstić information content (AvgIpc) is 3.08. The number of aldehydes is 1. The average molecular weight is 582 g/mol. The number of sulfonamides is 1. The number of carbonyl (C=O) groups excluding carboxylic acids is 1. The number of aliphatic imine (C=N–C) groups is 2. The van der Waals surface area contributed by atoms with Gasteiger partial charge in [0.25, 0.3) is 10.0 Å². The number of nitrogens with zero attached hydrogens (tertiary/aromatic N) is 3. The van der Waals surface area contributed by atoms with Crippen LogP contribution in [0.15, 0.2) is 92.7 Å². The van der Waals surface area contributed by atoms with Crippen LogP contribution in [-0.4, -0.2) is 65.1 Å². The van der Waals surface area contributed by atoms with Gasteiger partial charge in [-0.1, -0.05) is 30.3 Å². The molecule has 210 valence electrons. The van der Waals surface area contributed by atoms with Gasteiger partial charge in [-0.15, -0.1) is 0 Å². The molecule has 0 radical (unpaired) electrons. The van der Waals surface area contributed by atoms with Crippen molar-refractivity contribution in [3.05, 3.63) is 89.4 Å². The monoisotopic (exact) mass is 581 g/mol. The minimum Gasteiger partial charge on any atom is -0.476 e. The Balaban J connectivity index is 2.35. The quantitative estimate of drug-likeness (QED) is 0.120. The molecule has 1 aromatic rings. The molecule has 1 aliphatic heterocycles. The molecule has 0 unspecified atom stereocenters. The van der Waals surface area contributed by atoms with Crippen LogP contribution in [0.2, 0.25) is 0 Å². The third-order valence-corrected chi connectivity index (χ3v) is 6.66. The molecule has 0 atom stereocenters. The fourth-order valence-electron chi connectivity index (χ4n) is 3.09. The Morgan fingerprint density at radius 3 is 2.79 bits per heavy atom. The van der Waals surface area contributed by atoms with Crippen molar-refractivity contribution in [1.29, 1.82) is 0 Å². The van der Waals surface area contributed by atoms with Gasteiger partial charge < -0.3 is 15.0 Å². The number of carbonyl (C=O) groups is 1. The van der Waals surface area contributed by atoms with Crippen molar-refractivity contribution < 1.29 is 26.7 Å². The molecule has 0 aliphatic carbocycles. The number of likely N-dealkylation sites (N-methyl/N-ethyl adjacent to an activating group) is 1. The summed E-state index contributed by atoms with van der Waals surface area (Å²) >= 11 is 5.70. The first-order valence-electron chi connectivity index (χ1n) is 11.7. The number of halogens is 3. The number of rotatable bonds is 13. The Morgan fingerprint density at radius 2 is 2.13 bits per heavy atom. The van der Waals surface area contributed by atoms with Crippen LogP contribution in [-0.2, 0) is 19.6 Å². The number of benzene rings is 1. The topological polar surface area (TPSA) is 112 Å². The Hall–Kier alpha value is -3.61. The first-order valence-corrected chi connectivity index (χ1v) is 13.6. The van der Waals surface area contributed by atoms with Crippen LogP contribution >= 0.6 is 11.6 Å². The highest BCUT2D eigenvalue weighted by atomic mass is 35.5. The lowest BCUT2D eigenvalue weighted by molar-refractivity contribution is -0.104. The maximum Gasteiger partial charge on any atom is 0.264 e. The van der Waals surface area contributed by atoms with E-state index >= 15 is 0 Å². The van der Waals surface area contributed by atoms with E-state index in [1.54, 1.807) is 37.2 Å². The molecular weight excluding hydrogens is 552 g/mol. The molecule has 0 fully saturated rings. The number of allylic oxidation sites excluding steroid dienone is 4. The smallest absolute Gasteiger partial charge is 0.264 e. The van der Waals surface area contributed by atoms with E-state index in [-0.39, 0.29) is 29.8 Å². The van der Waals surface area contributed by atoms with Crippen molar-refractivity contribution in [2.24, 2.45) is 9.98 Å². The maximum atomic E-state index is 14.3. The molecular formula is C26H30ClF2N5O4S. The second kappa shape index (κ2) is 15.7. The largest absolute Gasteiger partial charge is 0.476 e. The summed E-state index contributed by atoms with van der Waals surface area (Å²) < 4.78 is 61.7. The fourth-order valence-corrected chi connectivity index (χ4v) is 4.25. The normalized spacial score (nSPS) is 14.7. The van der Waals surface area contributed by atoms with Gasteiger partial charge in [-0.2, -0.15) is 0 Å². The standard InChI is InChI=1S/C26H30ClF2N5O4S/c1-4-34(3)25(32-17-20(27)18-35)8-5-7-19-11-13-31-26(38-14-6-12-30-2)23(15-19)33-39(36,37)24-10-9-21(28)16-22(24)29/h4-5,8-11,15-18,30,33H,1,6-7,12-14H2,2-3H3/b8-5-,20-17+,32-25+. The lowest BCUT2D eigenvalue weighted by Crippen LogP contribution is -2.30. The minimum absolute atomic E-state index is 0.00173. The maximum absolute atomic E-state index is 14.3. The number of hydrogen-bond donors (Lipinski definition) is 2. The minimum atomic E-state index is -4.44. The van der Waals surface area contributed by atoms with E-state index in [0.29, 0.717) is 43.1 Å². The molecule has 0 aromatic heterocycles. The van der Waals surface area contributed by atoms with Crippen molar-refractivity contribution in [2.45, 2.75) is 17.7 Å². The predicted octanol–water partition coefficient (Wildman–Crippen LogP) is 3.79. The van der Waals surface area contributed by atoms with E-state index in [1.807, 2.05) is 0 Å². The van der Waals surface area contributed by atoms with Crippen LogP contribution in [0, 0.1) is 11.6 Å². The molecule has 1 aliphatic rings. The van der Waals surface area contributed by atoms with E-state index in [4.69, 9.17) is 16.3 Å². The Labute approximate surface area is 232 Å².